The summed E-state index contributed by atoms with van der Waals surface area (Å²) in [6.45, 7) is 6.39. The van der Waals surface area contributed by atoms with Gasteiger partial charge >= 0.3 is 17.9 Å². The van der Waals surface area contributed by atoms with Gasteiger partial charge in [-0.2, -0.15) is 0 Å². The van der Waals surface area contributed by atoms with E-state index in [2.05, 4.69) is 118 Å². The summed E-state index contributed by atoms with van der Waals surface area (Å²) in [5, 5.41) is 0. The van der Waals surface area contributed by atoms with Gasteiger partial charge in [0.1, 0.15) is 13.2 Å². The number of rotatable bonds is 55. The molecule has 0 spiro atoms. The first-order chi connectivity index (χ1) is 36.0. The van der Waals surface area contributed by atoms with Gasteiger partial charge in [0.2, 0.25) is 0 Å². The Kier molecular flexibility index (Phi) is 57.8. The van der Waals surface area contributed by atoms with Gasteiger partial charge in [0.05, 0.1) is 0 Å². The molecule has 0 radical (unpaired) electrons. The van der Waals surface area contributed by atoms with Crippen LogP contribution in [0.25, 0.3) is 0 Å². The summed E-state index contributed by atoms with van der Waals surface area (Å²) >= 11 is 0. The van der Waals surface area contributed by atoms with Crippen LogP contribution in [0, 0.1) is 0 Å². The van der Waals surface area contributed by atoms with Crippen molar-refractivity contribution in [3.8, 4) is 0 Å². The molecule has 1 unspecified atom stereocenters. The molecule has 0 bridgehead atoms. The van der Waals surface area contributed by atoms with E-state index < -0.39 is 6.10 Å². The summed E-state index contributed by atoms with van der Waals surface area (Å²) in [6, 6.07) is 0. The first-order valence-electron chi connectivity index (χ1n) is 30.7. The van der Waals surface area contributed by atoms with Crippen LogP contribution in [-0.2, 0) is 28.6 Å². The Morgan fingerprint density at radius 2 is 0.534 bits per heavy atom. The van der Waals surface area contributed by atoms with Crippen molar-refractivity contribution in [1.82, 2.24) is 0 Å². The lowest BCUT2D eigenvalue weighted by Gasteiger charge is -2.18. The summed E-state index contributed by atoms with van der Waals surface area (Å²) in [7, 11) is 0. The Labute approximate surface area is 451 Å². The zero-order chi connectivity index (χ0) is 52.9. The minimum atomic E-state index is -0.796. The average molecular weight is 1020 g/mol. The van der Waals surface area contributed by atoms with Crippen molar-refractivity contribution in [2.24, 2.45) is 0 Å². The van der Waals surface area contributed by atoms with Gasteiger partial charge in [-0.15, -0.1) is 0 Å². The molecule has 0 saturated carbocycles. The quantitative estimate of drug-likeness (QED) is 0.0261. The molecule has 0 aromatic heterocycles. The molecule has 0 aromatic carbocycles. The third-order valence-electron chi connectivity index (χ3n) is 13.1. The van der Waals surface area contributed by atoms with Gasteiger partial charge in [0, 0.05) is 19.3 Å². The van der Waals surface area contributed by atoms with Gasteiger partial charge < -0.3 is 14.2 Å². The molecule has 6 nitrogen and oxygen atoms in total. The minimum absolute atomic E-state index is 0.0908. The number of ether oxygens (including phenoxy) is 3. The second-order valence-electron chi connectivity index (χ2n) is 20.2. The largest absolute Gasteiger partial charge is 0.462 e. The molecule has 0 aliphatic heterocycles. The number of esters is 3. The zero-order valence-corrected chi connectivity index (χ0v) is 47.9. The van der Waals surface area contributed by atoms with E-state index in [1.807, 2.05) is 0 Å². The molecular formula is C67H114O6. The molecular weight excluding hydrogens is 901 g/mol. The number of hydrogen-bond donors (Lipinski definition) is 0. The molecule has 0 rings (SSSR count). The Morgan fingerprint density at radius 1 is 0.288 bits per heavy atom. The Morgan fingerprint density at radius 3 is 0.863 bits per heavy atom. The van der Waals surface area contributed by atoms with Crippen molar-refractivity contribution in [2.45, 2.75) is 297 Å². The maximum atomic E-state index is 12.8. The third kappa shape index (κ3) is 59.1. The molecule has 0 amide bonds. The van der Waals surface area contributed by atoms with E-state index in [1.54, 1.807) is 0 Å². The lowest BCUT2D eigenvalue weighted by atomic mass is 10.0. The Balaban J connectivity index is 4.21. The van der Waals surface area contributed by atoms with Crippen molar-refractivity contribution in [1.29, 1.82) is 0 Å². The number of hydrogen-bond acceptors (Lipinski definition) is 6. The molecule has 0 aromatic rings. The fourth-order valence-electron chi connectivity index (χ4n) is 8.54. The lowest BCUT2D eigenvalue weighted by molar-refractivity contribution is -0.167. The van der Waals surface area contributed by atoms with Gasteiger partial charge in [-0.3, -0.25) is 14.4 Å². The van der Waals surface area contributed by atoms with Crippen LogP contribution in [0.2, 0.25) is 0 Å². The van der Waals surface area contributed by atoms with Crippen molar-refractivity contribution < 1.29 is 28.6 Å². The maximum Gasteiger partial charge on any atom is 0.306 e. The van der Waals surface area contributed by atoms with Crippen LogP contribution in [0.3, 0.4) is 0 Å². The molecule has 418 valence electrons. The fourth-order valence-corrected chi connectivity index (χ4v) is 8.54. The predicted molar refractivity (Wildman–Crippen MR) is 316 cm³/mol. The van der Waals surface area contributed by atoms with E-state index in [0.717, 1.165) is 103 Å². The van der Waals surface area contributed by atoms with Crippen molar-refractivity contribution >= 4 is 17.9 Å². The number of carbonyl (C=O) groups excluding carboxylic acids is 3. The highest BCUT2D eigenvalue weighted by molar-refractivity contribution is 5.71. The first kappa shape index (κ1) is 69.3. The lowest BCUT2D eigenvalue weighted by Crippen LogP contribution is -2.30. The molecule has 0 aliphatic carbocycles. The SMILES string of the molecule is CC/C=C\C/C=C\C/C=C\C/C=C\CCCCCCCCCCCCCCCCCCC(=O)OCC(COC(=O)CCCCCCCCCCCCC)OC(=O)CCCC/C=C\C/C=C\C/C=C\C/C=C\CC. The monoisotopic (exact) mass is 1010 g/mol. The first-order valence-corrected chi connectivity index (χ1v) is 30.7. The predicted octanol–water partition coefficient (Wildman–Crippen LogP) is 20.9. The molecule has 0 aliphatic rings. The van der Waals surface area contributed by atoms with Crippen LogP contribution in [-0.4, -0.2) is 37.2 Å². The van der Waals surface area contributed by atoms with E-state index in [1.165, 1.54) is 141 Å². The van der Waals surface area contributed by atoms with Crippen LogP contribution < -0.4 is 0 Å². The van der Waals surface area contributed by atoms with Gasteiger partial charge in [0.15, 0.2) is 6.10 Å². The van der Waals surface area contributed by atoms with Crippen molar-refractivity contribution in [3.63, 3.8) is 0 Å². The van der Waals surface area contributed by atoms with E-state index in [9.17, 15) is 14.4 Å². The molecule has 1 atom stereocenters. The van der Waals surface area contributed by atoms with Gasteiger partial charge in [0.25, 0.3) is 0 Å². The van der Waals surface area contributed by atoms with E-state index in [4.69, 9.17) is 14.2 Å². The average Bonchev–Trinajstić information content (AvgIpc) is 3.39. The summed E-state index contributed by atoms with van der Waals surface area (Å²) in [5.41, 5.74) is 0. The Bertz CT molecular complexity index is 1440. The van der Waals surface area contributed by atoms with Crippen LogP contribution >= 0.6 is 0 Å². The zero-order valence-electron chi connectivity index (χ0n) is 47.9. The van der Waals surface area contributed by atoms with Crippen molar-refractivity contribution in [2.75, 3.05) is 13.2 Å². The summed E-state index contributed by atoms with van der Waals surface area (Å²) in [5.74, 6) is -0.926. The molecule has 0 saturated heterocycles. The van der Waals surface area contributed by atoms with Crippen LogP contribution in [0.1, 0.15) is 290 Å². The Hall–Kier alpha value is -3.67. The van der Waals surface area contributed by atoms with Gasteiger partial charge in [-0.1, -0.05) is 272 Å². The van der Waals surface area contributed by atoms with Gasteiger partial charge in [-0.25, -0.2) is 0 Å². The highest BCUT2D eigenvalue weighted by atomic mass is 16.6. The maximum absolute atomic E-state index is 12.8. The summed E-state index contributed by atoms with van der Waals surface area (Å²) in [4.78, 5) is 38.1. The molecule has 0 N–H and O–H groups in total. The van der Waals surface area contributed by atoms with E-state index >= 15 is 0 Å². The molecule has 6 heteroatoms. The topological polar surface area (TPSA) is 78.9 Å². The molecule has 0 heterocycles. The van der Waals surface area contributed by atoms with Crippen LogP contribution in [0.5, 0.6) is 0 Å². The van der Waals surface area contributed by atoms with Crippen LogP contribution in [0.15, 0.2) is 97.2 Å². The second kappa shape index (κ2) is 60.9. The van der Waals surface area contributed by atoms with E-state index in [-0.39, 0.29) is 37.5 Å². The smallest absolute Gasteiger partial charge is 0.306 e. The summed E-state index contributed by atoms with van der Waals surface area (Å²) in [6.07, 6.45) is 81.4. The number of carbonyl (C=O) groups is 3. The standard InChI is InChI=1S/C67H114O6/c1-4-7-10-13-16-19-22-24-26-27-28-29-30-31-32-33-34-35-36-37-38-39-41-42-45-48-51-54-57-60-66(69)72-63-64(62-71-65(68)59-56-53-50-47-44-21-18-15-12-9-6-3)73-67(70)61-58-55-52-49-46-43-40-25-23-20-17-14-11-8-5-2/h7-8,10-11,16-17,19-20,24-26,28-29,40,46,49,64H,4-6,9,12-15,18,21-23,27,30-39,41-45,47-48,50-63H2,1-3H3/b10-7-,11-8-,19-16-,20-17-,26-24-,29-28-,40-25-,49-46-. The van der Waals surface area contributed by atoms with E-state index in [0.29, 0.717) is 19.3 Å². The number of unbranched alkanes of at least 4 members (excludes halogenated alkanes) is 28. The third-order valence-corrected chi connectivity index (χ3v) is 13.1. The van der Waals surface area contributed by atoms with Gasteiger partial charge in [-0.05, 0) is 96.3 Å². The second-order valence-corrected chi connectivity index (χ2v) is 20.2. The molecule has 73 heavy (non-hydrogen) atoms. The summed E-state index contributed by atoms with van der Waals surface area (Å²) < 4.78 is 16.8. The number of allylic oxidation sites excluding steroid dienone is 16. The molecule has 0 fully saturated rings. The van der Waals surface area contributed by atoms with Crippen LogP contribution in [0.4, 0.5) is 0 Å². The normalized spacial score (nSPS) is 12.8. The minimum Gasteiger partial charge on any atom is -0.462 e. The highest BCUT2D eigenvalue weighted by Gasteiger charge is 2.19. The van der Waals surface area contributed by atoms with Crippen molar-refractivity contribution in [3.05, 3.63) is 97.2 Å². The fraction of sp³-hybridized carbons (Fsp3) is 0.716. The highest BCUT2D eigenvalue weighted by Crippen LogP contribution is 2.16.